The standard InChI is InChI=1S/C21H22N2O2.C7H6F2.2C2H6/c1-12(2)19-16-9-15(18(24)10-17(16)23-20(19)25)13-3-5-14(6-4-13)21(11-22)7-8-21;1-5-2-3-6(8)7(9)4-5;2*1-2/h3-6,9-10,24H,7-8,11,22H2,1-2H3,(H,23,25);2-4H,1H3;2*1-2H3. The van der Waals surface area contributed by atoms with Crippen molar-refractivity contribution in [1.82, 2.24) is 0 Å². The molecule has 2 aliphatic rings. The van der Waals surface area contributed by atoms with E-state index in [2.05, 4.69) is 17.4 Å². The second-order valence-corrected chi connectivity index (χ2v) is 9.22. The number of nitrogens with one attached hydrogen (secondary N) is 1. The third-order valence-corrected chi connectivity index (χ3v) is 6.51. The van der Waals surface area contributed by atoms with Crippen molar-refractivity contribution < 1.29 is 18.7 Å². The second-order valence-electron chi connectivity index (χ2n) is 9.22. The molecule has 4 nitrogen and oxygen atoms in total. The molecule has 0 atom stereocenters. The average Bonchev–Trinajstić information content (AvgIpc) is 3.65. The number of carbonyl (C=O) groups is 1. The number of halogens is 2. The highest BCUT2D eigenvalue weighted by atomic mass is 19.2. The third kappa shape index (κ3) is 6.67. The molecule has 1 saturated carbocycles. The summed E-state index contributed by atoms with van der Waals surface area (Å²) < 4.78 is 24.3. The molecule has 3 aromatic carbocycles. The number of allylic oxidation sites excluding steroid dienone is 1. The van der Waals surface area contributed by atoms with E-state index in [1.165, 1.54) is 11.6 Å². The van der Waals surface area contributed by atoms with Gasteiger partial charge in [-0.05, 0) is 68.5 Å². The van der Waals surface area contributed by atoms with Gasteiger partial charge in [-0.25, -0.2) is 8.78 Å². The number of rotatable bonds is 3. The van der Waals surface area contributed by atoms with Gasteiger partial charge >= 0.3 is 0 Å². The van der Waals surface area contributed by atoms with Crippen LogP contribution in [0.15, 0.2) is 60.2 Å². The van der Waals surface area contributed by atoms with Crippen molar-refractivity contribution in [3.05, 3.63) is 88.5 Å². The molecule has 0 radical (unpaired) electrons. The van der Waals surface area contributed by atoms with Crippen molar-refractivity contribution in [2.75, 3.05) is 11.9 Å². The van der Waals surface area contributed by atoms with Gasteiger partial charge in [0.05, 0.1) is 5.69 Å². The highest BCUT2D eigenvalue weighted by molar-refractivity contribution is 6.32. The fourth-order valence-corrected chi connectivity index (χ4v) is 4.30. The summed E-state index contributed by atoms with van der Waals surface area (Å²) in [5.74, 6) is -1.52. The number of aromatic hydroxyl groups is 1. The van der Waals surface area contributed by atoms with Gasteiger partial charge in [0, 0.05) is 34.7 Å². The number of phenols is 1. The van der Waals surface area contributed by atoms with Crippen LogP contribution in [-0.2, 0) is 10.2 Å². The molecule has 0 saturated heterocycles. The van der Waals surface area contributed by atoms with Crippen LogP contribution in [0.5, 0.6) is 5.75 Å². The molecule has 1 amide bonds. The molecule has 1 fully saturated rings. The van der Waals surface area contributed by atoms with Gasteiger partial charge in [0.25, 0.3) is 5.91 Å². The Morgan fingerprint density at radius 2 is 1.53 bits per heavy atom. The molecule has 204 valence electrons. The van der Waals surface area contributed by atoms with E-state index in [1.54, 1.807) is 13.0 Å². The lowest BCUT2D eigenvalue weighted by Crippen LogP contribution is -2.19. The summed E-state index contributed by atoms with van der Waals surface area (Å²) in [5.41, 5.74) is 12.9. The topological polar surface area (TPSA) is 75.3 Å². The number of fused-ring (bicyclic) bond motifs is 1. The molecule has 5 rings (SSSR count). The number of nitrogens with two attached hydrogens (primary N) is 1. The van der Waals surface area contributed by atoms with E-state index in [0.29, 0.717) is 17.8 Å². The number of amides is 1. The van der Waals surface area contributed by atoms with Crippen molar-refractivity contribution in [3.8, 4) is 16.9 Å². The minimum Gasteiger partial charge on any atom is -0.507 e. The van der Waals surface area contributed by atoms with Crippen LogP contribution in [0.4, 0.5) is 14.5 Å². The molecule has 0 aromatic heterocycles. The maximum atomic E-state index is 12.2. The summed E-state index contributed by atoms with van der Waals surface area (Å²) in [4.78, 5) is 12.2. The number of hydrogen-bond acceptors (Lipinski definition) is 3. The van der Waals surface area contributed by atoms with E-state index >= 15 is 0 Å². The smallest absolute Gasteiger partial charge is 0.256 e. The first-order chi connectivity index (χ1) is 18.1. The van der Waals surface area contributed by atoms with E-state index in [4.69, 9.17) is 5.73 Å². The normalized spacial score (nSPS) is 13.9. The van der Waals surface area contributed by atoms with Gasteiger partial charge in [0.1, 0.15) is 5.75 Å². The number of carbonyl (C=O) groups excluding carboxylic acids is 1. The van der Waals surface area contributed by atoms with Gasteiger partial charge in [0.15, 0.2) is 11.6 Å². The minimum atomic E-state index is -0.791. The Bertz CT molecular complexity index is 1290. The fourth-order valence-electron chi connectivity index (χ4n) is 4.30. The number of phenolic OH excluding ortho intramolecular Hbond substituents is 1. The van der Waals surface area contributed by atoms with Gasteiger partial charge in [0.2, 0.25) is 0 Å². The van der Waals surface area contributed by atoms with E-state index in [0.717, 1.165) is 52.8 Å². The minimum absolute atomic E-state index is 0.111. The van der Waals surface area contributed by atoms with Crippen molar-refractivity contribution in [1.29, 1.82) is 0 Å². The first kappa shape index (κ1) is 30.7. The summed E-state index contributed by atoms with van der Waals surface area (Å²) in [5, 5.41) is 13.3. The van der Waals surface area contributed by atoms with Gasteiger partial charge in [-0.2, -0.15) is 0 Å². The van der Waals surface area contributed by atoms with Crippen LogP contribution in [0.25, 0.3) is 16.7 Å². The molecule has 6 heteroatoms. The average molecular weight is 523 g/mol. The van der Waals surface area contributed by atoms with Crippen molar-refractivity contribution in [2.24, 2.45) is 5.73 Å². The Balaban J connectivity index is 0.000000328. The lowest BCUT2D eigenvalue weighted by Gasteiger charge is -2.14. The molecule has 4 N–H and O–H groups in total. The highest BCUT2D eigenvalue weighted by Crippen LogP contribution is 2.48. The van der Waals surface area contributed by atoms with Crippen LogP contribution >= 0.6 is 0 Å². The molecular weight excluding hydrogens is 482 g/mol. The number of benzene rings is 3. The third-order valence-electron chi connectivity index (χ3n) is 6.51. The number of anilines is 1. The zero-order valence-electron chi connectivity index (χ0n) is 23.5. The van der Waals surface area contributed by atoms with E-state index in [-0.39, 0.29) is 17.1 Å². The Morgan fingerprint density at radius 3 is 2.00 bits per heavy atom. The lowest BCUT2D eigenvalue weighted by molar-refractivity contribution is -0.110. The highest BCUT2D eigenvalue weighted by Gasteiger charge is 2.42. The van der Waals surface area contributed by atoms with Gasteiger partial charge in [-0.15, -0.1) is 0 Å². The van der Waals surface area contributed by atoms with Crippen LogP contribution in [0.1, 0.15) is 71.1 Å². The number of hydrogen-bond donors (Lipinski definition) is 3. The van der Waals surface area contributed by atoms with Gasteiger partial charge in [-0.1, -0.05) is 63.6 Å². The summed E-state index contributed by atoms with van der Waals surface area (Å²) >= 11 is 0. The van der Waals surface area contributed by atoms with Crippen LogP contribution in [0.3, 0.4) is 0 Å². The maximum Gasteiger partial charge on any atom is 0.256 e. The Morgan fingerprint density at radius 1 is 0.921 bits per heavy atom. The Labute approximate surface area is 225 Å². The zero-order chi connectivity index (χ0) is 28.6. The molecule has 0 unspecified atom stereocenters. The SMILES string of the molecule is CC.CC.CC(C)=C1C(=O)Nc2cc(O)c(-c3ccc(C4(CN)CC4)cc3)cc21.Cc1ccc(F)c(F)c1. The molecule has 1 aliphatic heterocycles. The van der Waals surface area contributed by atoms with E-state index in [1.807, 2.05) is 59.7 Å². The predicted octanol–water partition coefficient (Wildman–Crippen LogP) is 8.12. The summed E-state index contributed by atoms with van der Waals surface area (Å²) in [7, 11) is 0. The molecular formula is C32H40F2N2O2. The molecule has 0 bridgehead atoms. The van der Waals surface area contributed by atoms with Gasteiger partial charge in [-0.3, -0.25) is 4.79 Å². The zero-order valence-corrected chi connectivity index (χ0v) is 23.5. The van der Waals surface area contributed by atoms with E-state index < -0.39 is 11.6 Å². The summed E-state index contributed by atoms with van der Waals surface area (Å²) in [6.45, 7) is 14.2. The Hall–Kier alpha value is -3.51. The number of aryl methyl sites for hydroxylation is 1. The lowest BCUT2D eigenvalue weighted by atomic mass is 9.92. The van der Waals surface area contributed by atoms with Crippen LogP contribution < -0.4 is 11.1 Å². The molecule has 1 aliphatic carbocycles. The second kappa shape index (κ2) is 13.3. The van der Waals surface area contributed by atoms with Crippen molar-refractivity contribution in [2.45, 2.75) is 66.7 Å². The maximum absolute atomic E-state index is 12.2. The van der Waals surface area contributed by atoms with Crippen LogP contribution in [-0.4, -0.2) is 17.6 Å². The molecule has 0 spiro atoms. The molecule has 3 aromatic rings. The first-order valence-corrected chi connectivity index (χ1v) is 13.2. The van der Waals surface area contributed by atoms with Crippen LogP contribution in [0, 0.1) is 18.6 Å². The molecule has 1 heterocycles. The van der Waals surface area contributed by atoms with Crippen LogP contribution in [0.2, 0.25) is 0 Å². The van der Waals surface area contributed by atoms with Crippen molar-refractivity contribution >= 4 is 17.2 Å². The molecule has 38 heavy (non-hydrogen) atoms. The fraction of sp³-hybridized carbons (Fsp3) is 0.344. The quantitative estimate of drug-likeness (QED) is 0.304. The predicted molar refractivity (Wildman–Crippen MR) is 154 cm³/mol. The summed E-state index contributed by atoms with van der Waals surface area (Å²) in [6, 6.07) is 15.6. The largest absolute Gasteiger partial charge is 0.507 e. The van der Waals surface area contributed by atoms with Crippen molar-refractivity contribution in [3.63, 3.8) is 0 Å². The Kier molecular flexibility index (Phi) is 10.8. The monoisotopic (exact) mass is 522 g/mol. The summed E-state index contributed by atoms with van der Waals surface area (Å²) in [6.07, 6.45) is 2.29. The first-order valence-electron chi connectivity index (χ1n) is 13.2. The van der Waals surface area contributed by atoms with E-state index in [9.17, 15) is 18.7 Å². The van der Waals surface area contributed by atoms with Gasteiger partial charge < -0.3 is 16.2 Å².